The summed E-state index contributed by atoms with van der Waals surface area (Å²) in [6.07, 6.45) is 9.27. The summed E-state index contributed by atoms with van der Waals surface area (Å²) in [6, 6.07) is -0.436. The Labute approximate surface area is 225 Å². The van der Waals surface area contributed by atoms with Gasteiger partial charge in [0.2, 0.25) is 5.91 Å². The average molecular weight is 537 g/mol. The molecule has 4 rings (SSSR count). The van der Waals surface area contributed by atoms with E-state index in [1.54, 1.807) is 26.2 Å². The number of rotatable bonds is 2. The van der Waals surface area contributed by atoms with Crippen LogP contribution in [0.1, 0.15) is 59.3 Å². The number of carbonyl (C=O) groups excluding carboxylic acids is 2. The number of nitrogens with zero attached hydrogens (tertiary/aromatic N) is 1. The van der Waals surface area contributed by atoms with Gasteiger partial charge >= 0.3 is 6.09 Å². The Morgan fingerprint density at radius 1 is 1.27 bits per heavy atom. The number of fused-ring (bicyclic) bond motifs is 4. The first-order valence-corrected chi connectivity index (χ1v) is 13.7. The average Bonchev–Trinajstić information content (AvgIpc) is 3.55. The van der Waals surface area contributed by atoms with E-state index < -0.39 is 17.1 Å². The van der Waals surface area contributed by atoms with Crippen molar-refractivity contribution >= 4 is 23.6 Å². The van der Waals surface area contributed by atoms with Crippen molar-refractivity contribution in [1.29, 1.82) is 0 Å². The third kappa shape index (κ3) is 6.18. The second-order valence-electron chi connectivity index (χ2n) is 11.1. The van der Waals surface area contributed by atoms with Crippen LogP contribution in [0.15, 0.2) is 35.1 Å². The van der Waals surface area contributed by atoms with Crippen molar-refractivity contribution < 1.29 is 28.5 Å². The number of epoxide rings is 1. The lowest BCUT2D eigenvalue weighted by Crippen LogP contribution is -2.53. The summed E-state index contributed by atoms with van der Waals surface area (Å²) >= 11 is 6.75. The summed E-state index contributed by atoms with van der Waals surface area (Å²) in [4.78, 5) is 27.4. The highest BCUT2D eigenvalue weighted by Gasteiger charge is 2.57. The SMILES string of the molecule is COC1=CC2=CC(C1Cl)N(C)C(=O)CC[C@]1(C)O[C@H]1[C@H](C)[C@@H]1CC(NC(=O)O1)[C@H](OC)CC/C=C(\C)C2. The van der Waals surface area contributed by atoms with E-state index in [0.717, 1.165) is 24.8 Å². The number of alkyl carbamates (subject to hydrolysis) is 1. The molecule has 206 valence electrons. The van der Waals surface area contributed by atoms with Crippen LogP contribution in [0.4, 0.5) is 4.79 Å². The zero-order valence-electron chi connectivity index (χ0n) is 22.8. The number of halogens is 1. The molecule has 2 saturated heterocycles. The first-order chi connectivity index (χ1) is 17.6. The number of alkyl halides is 1. The van der Waals surface area contributed by atoms with E-state index in [2.05, 4.69) is 31.3 Å². The molecule has 0 spiro atoms. The number of allylic oxidation sites excluding steroid dienone is 4. The molecule has 9 heteroatoms. The predicted octanol–water partition coefficient (Wildman–Crippen LogP) is 4.48. The van der Waals surface area contributed by atoms with Gasteiger partial charge in [0.15, 0.2) is 0 Å². The molecule has 0 radical (unpaired) electrons. The third-order valence-electron chi connectivity index (χ3n) is 8.43. The van der Waals surface area contributed by atoms with E-state index in [9.17, 15) is 9.59 Å². The highest BCUT2D eigenvalue weighted by molar-refractivity contribution is 6.23. The number of hydrogen-bond donors (Lipinski definition) is 1. The minimum atomic E-state index is -0.453. The molecule has 4 bridgehead atoms. The molecule has 8 atom stereocenters. The van der Waals surface area contributed by atoms with Crippen LogP contribution in [-0.2, 0) is 23.7 Å². The zero-order chi connectivity index (χ0) is 26.9. The Morgan fingerprint density at radius 3 is 2.73 bits per heavy atom. The highest BCUT2D eigenvalue weighted by atomic mass is 35.5. The number of amides is 2. The topological polar surface area (TPSA) is 89.6 Å². The Balaban J connectivity index is 1.60. The molecule has 3 unspecified atom stereocenters. The molecule has 2 amide bonds. The normalized spacial score (nSPS) is 40.8. The van der Waals surface area contributed by atoms with Crippen LogP contribution >= 0.6 is 11.6 Å². The summed E-state index contributed by atoms with van der Waals surface area (Å²) in [6.45, 7) is 6.19. The van der Waals surface area contributed by atoms with Gasteiger partial charge in [0.1, 0.15) is 17.2 Å². The molecule has 3 aliphatic heterocycles. The molecule has 4 aliphatic rings. The number of carbonyl (C=O) groups is 2. The van der Waals surface area contributed by atoms with Gasteiger partial charge in [-0.2, -0.15) is 0 Å². The van der Waals surface area contributed by atoms with Gasteiger partial charge in [-0.1, -0.05) is 24.6 Å². The molecule has 37 heavy (non-hydrogen) atoms. The lowest BCUT2D eigenvalue weighted by Gasteiger charge is -2.36. The van der Waals surface area contributed by atoms with Crippen LogP contribution in [0.25, 0.3) is 0 Å². The van der Waals surface area contributed by atoms with Gasteiger partial charge in [0.05, 0.1) is 37.0 Å². The summed E-state index contributed by atoms with van der Waals surface area (Å²) < 4.78 is 23.2. The highest BCUT2D eigenvalue weighted by Crippen LogP contribution is 2.47. The van der Waals surface area contributed by atoms with Crippen molar-refractivity contribution in [3.8, 4) is 0 Å². The van der Waals surface area contributed by atoms with Crippen molar-refractivity contribution in [2.75, 3.05) is 21.3 Å². The monoisotopic (exact) mass is 536 g/mol. The second kappa shape index (κ2) is 11.4. The molecule has 0 aromatic heterocycles. The van der Waals surface area contributed by atoms with Crippen molar-refractivity contribution in [3.05, 3.63) is 35.1 Å². The smallest absolute Gasteiger partial charge is 0.407 e. The van der Waals surface area contributed by atoms with Gasteiger partial charge in [0.25, 0.3) is 0 Å². The summed E-state index contributed by atoms with van der Waals surface area (Å²) in [5.41, 5.74) is 1.84. The number of nitrogens with one attached hydrogen (secondary N) is 1. The van der Waals surface area contributed by atoms with Crippen LogP contribution < -0.4 is 5.32 Å². The molecule has 1 N–H and O–H groups in total. The van der Waals surface area contributed by atoms with Gasteiger partial charge in [-0.25, -0.2) is 4.79 Å². The fraction of sp³-hybridized carbons (Fsp3) is 0.714. The summed E-state index contributed by atoms with van der Waals surface area (Å²) in [5, 5.41) is 2.51. The Hall–Kier alpha value is -2.03. The summed E-state index contributed by atoms with van der Waals surface area (Å²) in [7, 11) is 5.11. The molecular formula is C28H41ClN2O6. The summed E-state index contributed by atoms with van der Waals surface area (Å²) in [5.74, 6) is 0.670. The van der Waals surface area contributed by atoms with E-state index in [0.29, 0.717) is 25.0 Å². The molecule has 0 aromatic rings. The Morgan fingerprint density at radius 2 is 2.03 bits per heavy atom. The Bertz CT molecular complexity index is 980. The first-order valence-electron chi connectivity index (χ1n) is 13.3. The molecule has 0 saturated carbocycles. The van der Waals surface area contributed by atoms with Crippen molar-refractivity contribution in [3.63, 3.8) is 0 Å². The number of hydrogen-bond acceptors (Lipinski definition) is 6. The van der Waals surface area contributed by atoms with Crippen LogP contribution in [0, 0.1) is 5.92 Å². The van der Waals surface area contributed by atoms with E-state index >= 15 is 0 Å². The molecule has 8 nitrogen and oxygen atoms in total. The van der Waals surface area contributed by atoms with Crippen molar-refractivity contribution in [1.82, 2.24) is 10.2 Å². The molecular weight excluding hydrogens is 496 g/mol. The van der Waals surface area contributed by atoms with Crippen molar-refractivity contribution in [2.45, 2.75) is 101 Å². The first kappa shape index (κ1) is 28.0. The standard InChI is InChI=1S/C28H41ClN2O6/c1-16-8-7-9-21(34-5)19-15-22(36-27(33)30-19)17(2)26-28(3,37-26)11-10-24(32)31(4)20-13-18(12-16)14-23(35-6)25(20)29/h8,13-14,17,19-22,25-26H,7,9-12,15H2,1-6H3,(H,30,33)/b16-8+/t17-,19?,20?,21-,22+,25?,26+,28+/m1/s1. The lowest BCUT2D eigenvalue weighted by atomic mass is 9.85. The minimum absolute atomic E-state index is 0.00133. The van der Waals surface area contributed by atoms with Crippen LogP contribution in [0.5, 0.6) is 0 Å². The second-order valence-corrected chi connectivity index (χ2v) is 11.6. The maximum atomic E-state index is 13.2. The van der Waals surface area contributed by atoms with Crippen molar-refractivity contribution in [2.24, 2.45) is 5.92 Å². The van der Waals surface area contributed by atoms with Crippen LogP contribution in [-0.4, -0.2) is 79.5 Å². The maximum absolute atomic E-state index is 13.2. The predicted molar refractivity (Wildman–Crippen MR) is 141 cm³/mol. The molecule has 3 heterocycles. The van der Waals surface area contributed by atoms with Gasteiger partial charge < -0.3 is 29.2 Å². The van der Waals surface area contributed by atoms with E-state index in [1.165, 1.54) is 5.57 Å². The minimum Gasteiger partial charge on any atom is -0.499 e. The van der Waals surface area contributed by atoms with Gasteiger partial charge in [-0.05, 0) is 51.2 Å². The van der Waals surface area contributed by atoms with Gasteiger partial charge in [0, 0.05) is 32.9 Å². The van der Waals surface area contributed by atoms with Gasteiger partial charge in [-0.15, -0.1) is 11.6 Å². The quantitative estimate of drug-likeness (QED) is 0.318. The number of ether oxygens (including phenoxy) is 4. The molecule has 0 aromatic carbocycles. The van der Waals surface area contributed by atoms with Gasteiger partial charge in [-0.3, -0.25) is 4.79 Å². The largest absolute Gasteiger partial charge is 0.499 e. The fourth-order valence-electron chi connectivity index (χ4n) is 6.00. The lowest BCUT2D eigenvalue weighted by molar-refractivity contribution is -0.131. The maximum Gasteiger partial charge on any atom is 0.407 e. The fourth-order valence-corrected chi connectivity index (χ4v) is 6.40. The van der Waals surface area contributed by atoms with E-state index in [-0.39, 0.29) is 42.2 Å². The van der Waals surface area contributed by atoms with E-state index in [4.69, 9.17) is 30.5 Å². The Kier molecular flexibility index (Phi) is 8.61. The number of methoxy groups -OCH3 is 2. The van der Waals surface area contributed by atoms with Crippen LogP contribution in [0.2, 0.25) is 0 Å². The van der Waals surface area contributed by atoms with Crippen LogP contribution in [0.3, 0.4) is 0 Å². The zero-order valence-corrected chi connectivity index (χ0v) is 23.5. The van der Waals surface area contributed by atoms with E-state index in [1.807, 2.05) is 13.0 Å². The molecule has 1 aliphatic carbocycles. The third-order valence-corrected chi connectivity index (χ3v) is 8.90. The molecule has 2 fully saturated rings. The number of likely N-dealkylation sites (N-methyl/N-ethyl adjacent to an activating group) is 1.